The molecule has 0 bridgehead atoms. The fraction of sp³-hybridized carbons (Fsp3) is 0.353. The molecule has 7 heteroatoms. The van der Waals surface area contributed by atoms with Gasteiger partial charge in [0, 0.05) is 13.3 Å². The van der Waals surface area contributed by atoms with E-state index in [1.54, 1.807) is 12.1 Å². The molecule has 1 aromatic rings. The summed E-state index contributed by atoms with van der Waals surface area (Å²) in [6.07, 6.45) is 2.22. The Hall–Kier alpha value is -2.70. The molecular weight excluding hydrogens is 315 g/mol. The maximum atomic E-state index is 13.3. The Bertz CT molecular complexity index is 618. The van der Waals surface area contributed by atoms with E-state index in [1.165, 1.54) is 25.1 Å². The van der Waals surface area contributed by atoms with Gasteiger partial charge in [0.05, 0.1) is 0 Å². The minimum atomic E-state index is -1.17. The van der Waals surface area contributed by atoms with Crippen molar-refractivity contribution in [1.82, 2.24) is 10.6 Å². The number of carbonyl (C=O) groups is 3. The van der Waals surface area contributed by atoms with Gasteiger partial charge in [-0.2, -0.15) is 0 Å². The minimum absolute atomic E-state index is 0.0526. The van der Waals surface area contributed by atoms with Gasteiger partial charge in [-0.25, -0.2) is 9.18 Å². The largest absolute Gasteiger partial charge is 0.480 e. The lowest BCUT2D eigenvalue weighted by molar-refractivity contribution is -0.142. The predicted molar refractivity (Wildman–Crippen MR) is 86.7 cm³/mol. The van der Waals surface area contributed by atoms with Crippen molar-refractivity contribution >= 4 is 17.8 Å². The minimum Gasteiger partial charge on any atom is -0.480 e. The van der Waals surface area contributed by atoms with Crippen molar-refractivity contribution in [1.29, 1.82) is 0 Å². The van der Waals surface area contributed by atoms with Crippen LogP contribution in [0, 0.1) is 5.82 Å². The predicted octanol–water partition coefficient (Wildman–Crippen LogP) is 1.41. The molecule has 0 saturated carbocycles. The van der Waals surface area contributed by atoms with Crippen molar-refractivity contribution in [2.45, 2.75) is 38.3 Å². The summed E-state index contributed by atoms with van der Waals surface area (Å²) in [5, 5.41) is 14.0. The van der Waals surface area contributed by atoms with Gasteiger partial charge in [-0.1, -0.05) is 18.2 Å². The summed E-state index contributed by atoms with van der Waals surface area (Å²) in [6, 6.07) is 3.57. The molecular formula is C17H21FN2O4. The highest BCUT2D eigenvalue weighted by Crippen LogP contribution is 2.08. The van der Waals surface area contributed by atoms with Crippen LogP contribution >= 0.6 is 0 Å². The van der Waals surface area contributed by atoms with Crippen molar-refractivity contribution in [3.8, 4) is 0 Å². The summed E-state index contributed by atoms with van der Waals surface area (Å²) in [5.41, 5.74) is 0.516. The number of carbonyl (C=O) groups excluding carboxylic acids is 2. The van der Waals surface area contributed by atoms with Crippen LogP contribution in [0.5, 0.6) is 0 Å². The number of carboxylic acid groups (broad SMARTS) is 1. The number of carboxylic acids is 1. The molecule has 0 aliphatic carbocycles. The maximum absolute atomic E-state index is 13.3. The van der Waals surface area contributed by atoms with Gasteiger partial charge in [-0.3, -0.25) is 9.59 Å². The fourth-order valence-electron chi connectivity index (χ4n) is 2.17. The SMILES string of the molecule is C=CCC[C@@H](NC(=O)[C@H](Cc1cccc(F)c1)NC(C)=O)C(=O)O. The molecule has 2 atom stereocenters. The first kappa shape index (κ1) is 19.3. The van der Waals surface area contributed by atoms with E-state index in [2.05, 4.69) is 17.2 Å². The number of hydrogen-bond acceptors (Lipinski definition) is 3. The average Bonchev–Trinajstić information content (AvgIpc) is 2.49. The third-order valence-electron chi connectivity index (χ3n) is 3.30. The molecule has 1 rings (SSSR count). The molecule has 0 aliphatic rings. The number of halogens is 1. The van der Waals surface area contributed by atoms with Crippen molar-refractivity contribution in [3.05, 3.63) is 48.3 Å². The molecule has 3 N–H and O–H groups in total. The molecule has 0 radical (unpaired) electrons. The number of aliphatic carboxylic acids is 1. The smallest absolute Gasteiger partial charge is 0.326 e. The molecule has 6 nitrogen and oxygen atoms in total. The normalized spacial score (nSPS) is 12.8. The second-order valence-electron chi connectivity index (χ2n) is 5.35. The van der Waals surface area contributed by atoms with Crippen molar-refractivity contribution in [2.75, 3.05) is 0 Å². The molecule has 130 valence electrons. The standard InChI is InChI=1S/C17H21FN2O4/c1-3-4-8-14(17(23)24)20-16(22)15(19-11(2)21)10-12-6-5-7-13(18)9-12/h3,5-7,9,14-15H,1,4,8,10H2,2H3,(H,19,21)(H,20,22)(H,23,24)/t14-,15+/m1/s1. The highest BCUT2D eigenvalue weighted by molar-refractivity contribution is 5.90. The zero-order valence-electron chi connectivity index (χ0n) is 13.4. The third-order valence-corrected chi connectivity index (χ3v) is 3.30. The second-order valence-corrected chi connectivity index (χ2v) is 5.35. The number of amides is 2. The number of allylic oxidation sites excluding steroid dienone is 1. The van der Waals surface area contributed by atoms with Crippen LogP contribution in [-0.4, -0.2) is 35.0 Å². The number of hydrogen-bond donors (Lipinski definition) is 3. The Morgan fingerprint density at radius 1 is 1.29 bits per heavy atom. The topological polar surface area (TPSA) is 95.5 Å². The zero-order chi connectivity index (χ0) is 18.1. The van der Waals surface area contributed by atoms with Gasteiger partial charge in [-0.15, -0.1) is 6.58 Å². The highest BCUT2D eigenvalue weighted by atomic mass is 19.1. The summed E-state index contributed by atoms with van der Waals surface area (Å²) >= 11 is 0. The average molecular weight is 336 g/mol. The lowest BCUT2D eigenvalue weighted by Crippen LogP contribution is -2.52. The van der Waals surface area contributed by atoms with Crippen molar-refractivity contribution in [3.63, 3.8) is 0 Å². The van der Waals surface area contributed by atoms with Gasteiger partial charge in [0.25, 0.3) is 0 Å². The molecule has 0 aromatic heterocycles. The van der Waals surface area contributed by atoms with Gasteiger partial charge in [0.2, 0.25) is 11.8 Å². The van der Waals surface area contributed by atoms with Crippen LogP contribution in [0.4, 0.5) is 4.39 Å². The zero-order valence-corrected chi connectivity index (χ0v) is 13.4. The van der Waals surface area contributed by atoms with E-state index in [4.69, 9.17) is 5.11 Å². The summed E-state index contributed by atoms with van der Waals surface area (Å²) in [4.78, 5) is 34.9. The summed E-state index contributed by atoms with van der Waals surface area (Å²) < 4.78 is 13.3. The number of rotatable bonds is 9. The molecule has 0 spiro atoms. The number of nitrogens with one attached hydrogen (secondary N) is 2. The number of benzene rings is 1. The molecule has 24 heavy (non-hydrogen) atoms. The van der Waals surface area contributed by atoms with Crippen LogP contribution in [0.1, 0.15) is 25.3 Å². The van der Waals surface area contributed by atoms with E-state index in [9.17, 15) is 18.8 Å². The van der Waals surface area contributed by atoms with Gasteiger partial charge < -0.3 is 15.7 Å². The van der Waals surface area contributed by atoms with E-state index >= 15 is 0 Å². The highest BCUT2D eigenvalue weighted by Gasteiger charge is 2.25. The molecule has 0 fully saturated rings. The lowest BCUT2D eigenvalue weighted by atomic mass is 10.0. The van der Waals surface area contributed by atoms with Crippen molar-refractivity contribution < 1.29 is 23.9 Å². The first-order valence-corrected chi connectivity index (χ1v) is 7.49. The van der Waals surface area contributed by atoms with Crippen LogP contribution in [0.2, 0.25) is 0 Å². The monoisotopic (exact) mass is 336 g/mol. The van der Waals surface area contributed by atoms with E-state index < -0.39 is 35.7 Å². The Morgan fingerprint density at radius 3 is 2.54 bits per heavy atom. The molecule has 1 aromatic carbocycles. The molecule has 0 heterocycles. The third kappa shape index (κ3) is 6.60. The molecule has 2 amide bonds. The van der Waals surface area contributed by atoms with Gasteiger partial charge in [0.1, 0.15) is 17.9 Å². The van der Waals surface area contributed by atoms with E-state index in [0.29, 0.717) is 12.0 Å². The van der Waals surface area contributed by atoms with E-state index in [1.807, 2.05) is 0 Å². The fourth-order valence-corrected chi connectivity index (χ4v) is 2.17. The molecule has 0 aliphatic heterocycles. The van der Waals surface area contributed by atoms with Crippen LogP contribution in [0.25, 0.3) is 0 Å². The Labute approximate surface area is 139 Å². The van der Waals surface area contributed by atoms with Gasteiger partial charge >= 0.3 is 5.97 Å². The van der Waals surface area contributed by atoms with Gasteiger partial charge in [-0.05, 0) is 30.5 Å². The first-order valence-electron chi connectivity index (χ1n) is 7.49. The summed E-state index contributed by atoms with van der Waals surface area (Å²) in [7, 11) is 0. The second kappa shape index (κ2) is 9.44. The summed E-state index contributed by atoms with van der Waals surface area (Å²) in [6.45, 7) is 4.76. The van der Waals surface area contributed by atoms with Crippen LogP contribution < -0.4 is 10.6 Å². The lowest BCUT2D eigenvalue weighted by Gasteiger charge is -2.21. The Morgan fingerprint density at radius 2 is 2.00 bits per heavy atom. The molecule has 0 unspecified atom stereocenters. The molecule has 0 saturated heterocycles. The quantitative estimate of drug-likeness (QED) is 0.594. The van der Waals surface area contributed by atoms with Gasteiger partial charge in [0.15, 0.2) is 0 Å². The van der Waals surface area contributed by atoms with Crippen LogP contribution in [0.15, 0.2) is 36.9 Å². The van der Waals surface area contributed by atoms with Crippen LogP contribution in [-0.2, 0) is 20.8 Å². The Kier molecular flexibility index (Phi) is 7.61. The van der Waals surface area contributed by atoms with Crippen LogP contribution in [0.3, 0.4) is 0 Å². The van der Waals surface area contributed by atoms with E-state index in [-0.39, 0.29) is 12.8 Å². The van der Waals surface area contributed by atoms with Crippen molar-refractivity contribution in [2.24, 2.45) is 0 Å². The first-order chi connectivity index (χ1) is 11.3. The summed E-state index contributed by atoms with van der Waals surface area (Å²) in [5.74, 6) is -2.70. The maximum Gasteiger partial charge on any atom is 0.326 e. The van der Waals surface area contributed by atoms with E-state index in [0.717, 1.165) is 0 Å². The Balaban J connectivity index is 2.85.